The Morgan fingerprint density at radius 2 is 0.479 bits per heavy atom. The minimum Gasteiger partial charge on any atom is -0.462 e. The van der Waals surface area contributed by atoms with E-state index in [0.29, 0.717) is 25.7 Å². The number of ether oxygens (including phenoxy) is 4. The van der Waals surface area contributed by atoms with Crippen LogP contribution in [0.2, 0.25) is 0 Å². The van der Waals surface area contributed by atoms with E-state index in [2.05, 4.69) is 48.5 Å². The number of rotatable bonds is 75. The van der Waals surface area contributed by atoms with Gasteiger partial charge in [-0.3, -0.25) is 37.3 Å². The van der Waals surface area contributed by atoms with Gasteiger partial charge in [-0.05, 0) is 43.4 Å². The van der Waals surface area contributed by atoms with Crippen molar-refractivity contribution >= 4 is 39.5 Å². The van der Waals surface area contributed by atoms with Crippen LogP contribution in [0.4, 0.5) is 0 Å². The number of carbonyl (C=O) groups is 4. The molecule has 17 nitrogen and oxygen atoms in total. The van der Waals surface area contributed by atoms with Crippen molar-refractivity contribution in [1.29, 1.82) is 0 Å². The predicted molar refractivity (Wildman–Crippen MR) is 391 cm³/mol. The zero-order valence-corrected chi connectivity index (χ0v) is 64.6. The molecule has 0 rings (SSSR count). The molecule has 19 heteroatoms. The number of phosphoric acid groups is 2. The molecule has 3 N–H and O–H groups in total. The van der Waals surface area contributed by atoms with E-state index in [9.17, 15) is 43.2 Å². The fraction of sp³-hybridized carbons (Fsp3) is 0.948. The number of hydrogen-bond donors (Lipinski definition) is 3. The topological polar surface area (TPSA) is 237 Å². The van der Waals surface area contributed by atoms with Crippen molar-refractivity contribution in [3.8, 4) is 0 Å². The van der Waals surface area contributed by atoms with Gasteiger partial charge in [0.2, 0.25) is 0 Å². The minimum atomic E-state index is -4.96. The Morgan fingerprint density at radius 3 is 0.708 bits per heavy atom. The van der Waals surface area contributed by atoms with E-state index in [0.717, 1.165) is 108 Å². The van der Waals surface area contributed by atoms with Crippen LogP contribution in [0.25, 0.3) is 0 Å². The molecule has 0 bridgehead atoms. The maximum absolute atomic E-state index is 13.1. The molecule has 0 aliphatic carbocycles. The molecule has 0 spiro atoms. The van der Waals surface area contributed by atoms with Crippen molar-refractivity contribution in [3.63, 3.8) is 0 Å². The van der Waals surface area contributed by atoms with Gasteiger partial charge in [0.05, 0.1) is 26.4 Å². The van der Waals surface area contributed by atoms with Crippen molar-refractivity contribution in [2.24, 2.45) is 17.8 Å². The molecule has 0 aromatic carbocycles. The summed E-state index contributed by atoms with van der Waals surface area (Å²) in [6.07, 6.45) is 54.0. The Hall–Kier alpha value is -1.94. The second-order valence-electron chi connectivity index (χ2n) is 29.2. The van der Waals surface area contributed by atoms with Crippen LogP contribution in [0.3, 0.4) is 0 Å². The summed E-state index contributed by atoms with van der Waals surface area (Å²) in [6, 6.07) is 0. The van der Waals surface area contributed by atoms with Gasteiger partial charge in [-0.15, -0.1) is 0 Å². The van der Waals surface area contributed by atoms with E-state index in [1.54, 1.807) is 0 Å². The maximum atomic E-state index is 13.1. The number of esters is 4. The standard InChI is InChI=1S/C77H150O17P2/c1-8-9-10-11-12-13-14-15-16-17-18-19-20-32-39-46-53-60-76(81)93-72(64-87-74(79)58-51-44-37-30-24-21-27-34-41-48-55-68(2)3)66-91-95(83,84)89-62-71(78)63-90-96(85,86)92-67-73(94-77(82)61-54-47-40-33-26-23-29-36-43-50-57-70(6)7)65-88-75(80)59-52-45-38-31-25-22-28-35-42-49-56-69(4)5/h68-73,78H,8-67H2,1-7H3,(H,83,84)(H,85,86)/t71-,72-,73-/m1/s1. The van der Waals surface area contributed by atoms with Gasteiger partial charge in [0.15, 0.2) is 12.2 Å². The molecule has 0 aliphatic rings. The largest absolute Gasteiger partial charge is 0.472 e. The van der Waals surface area contributed by atoms with Gasteiger partial charge in [0, 0.05) is 25.7 Å². The van der Waals surface area contributed by atoms with Gasteiger partial charge in [-0.1, -0.05) is 344 Å². The number of hydrogen-bond acceptors (Lipinski definition) is 15. The highest BCUT2D eigenvalue weighted by atomic mass is 31.2. The Morgan fingerprint density at radius 1 is 0.281 bits per heavy atom. The molecule has 0 aromatic heterocycles. The summed E-state index contributed by atoms with van der Waals surface area (Å²) < 4.78 is 68.6. The summed E-state index contributed by atoms with van der Waals surface area (Å²) in [6.45, 7) is 11.9. The molecule has 570 valence electrons. The van der Waals surface area contributed by atoms with Crippen LogP contribution in [0, 0.1) is 17.8 Å². The van der Waals surface area contributed by atoms with E-state index < -0.39 is 97.5 Å². The highest BCUT2D eigenvalue weighted by Crippen LogP contribution is 2.45. The SMILES string of the molecule is CCCCCCCCCCCCCCCCCCCC(=O)O[C@H](COC(=O)CCCCCCCCCCCCC(C)C)COP(=O)(O)OC[C@@H](O)COP(=O)(O)OC[C@@H](COC(=O)CCCCCCCCCCCCC(C)C)OC(=O)CCCCCCCCCCCCC(C)C. The van der Waals surface area contributed by atoms with Crippen LogP contribution < -0.4 is 0 Å². The Kier molecular flexibility index (Phi) is 66.2. The highest BCUT2D eigenvalue weighted by Gasteiger charge is 2.30. The lowest BCUT2D eigenvalue weighted by molar-refractivity contribution is -0.161. The molecule has 0 saturated heterocycles. The average molecular weight is 1410 g/mol. The molecule has 0 amide bonds. The smallest absolute Gasteiger partial charge is 0.462 e. The molecule has 0 aliphatic heterocycles. The van der Waals surface area contributed by atoms with E-state index in [4.69, 9.17) is 37.0 Å². The van der Waals surface area contributed by atoms with Crippen molar-refractivity contribution in [1.82, 2.24) is 0 Å². The van der Waals surface area contributed by atoms with Gasteiger partial charge in [0.25, 0.3) is 0 Å². The quantitative estimate of drug-likeness (QED) is 0.0222. The summed E-state index contributed by atoms with van der Waals surface area (Å²) in [5.74, 6) is 0.154. The number of unbranched alkanes of at least 4 members (excludes halogenated alkanes) is 43. The van der Waals surface area contributed by atoms with Crippen molar-refractivity contribution in [2.45, 2.75) is 414 Å². The van der Waals surface area contributed by atoms with Crippen molar-refractivity contribution < 1.29 is 80.2 Å². The third-order valence-corrected chi connectivity index (χ3v) is 19.8. The lowest BCUT2D eigenvalue weighted by Gasteiger charge is -2.21. The molecule has 2 unspecified atom stereocenters. The molecule has 0 radical (unpaired) electrons. The fourth-order valence-corrected chi connectivity index (χ4v) is 13.4. The number of aliphatic hydroxyl groups is 1. The molecule has 0 aromatic rings. The predicted octanol–water partition coefficient (Wildman–Crippen LogP) is 22.6. The second-order valence-corrected chi connectivity index (χ2v) is 32.1. The summed E-state index contributed by atoms with van der Waals surface area (Å²) in [5.41, 5.74) is 0. The van der Waals surface area contributed by atoms with Gasteiger partial charge in [-0.25, -0.2) is 9.13 Å². The van der Waals surface area contributed by atoms with Gasteiger partial charge >= 0.3 is 39.5 Å². The third kappa shape index (κ3) is 70.5. The van der Waals surface area contributed by atoms with Crippen LogP contribution in [0.15, 0.2) is 0 Å². The molecule has 0 saturated carbocycles. The summed E-state index contributed by atoms with van der Waals surface area (Å²) in [7, 11) is -9.92. The first-order valence-corrected chi connectivity index (χ1v) is 42.8. The first-order valence-electron chi connectivity index (χ1n) is 39.8. The van der Waals surface area contributed by atoms with E-state index in [1.807, 2.05) is 0 Å². The van der Waals surface area contributed by atoms with Crippen LogP contribution in [0.1, 0.15) is 395 Å². The lowest BCUT2D eigenvalue weighted by atomic mass is 10.0. The molecular formula is C77H150O17P2. The van der Waals surface area contributed by atoms with E-state index in [-0.39, 0.29) is 25.7 Å². The summed E-state index contributed by atoms with van der Waals surface area (Å²) >= 11 is 0. The molecule has 0 fully saturated rings. The van der Waals surface area contributed by atoms with Crippen LogP contribution >= 0.6 is 15.6 Å². The number of aliphatic hydroxyl groups excluding tert-OH is 1. The Bertz CT molecular complexity index is 1870. The molecule has 5 atom stereocenters. The lowest BCUT2D eigenvalue weighted by Crippen LogP contribution is -2.30. The van der Waals surface area contributed by atoms with Crippen molar-refractivity contribution in [3.05, 3.63) is 0 Å². The first-order chi connectivity index (χ1) is 46.2. The second kappa shape index (κ2) is 67.5. The molecular weight excluding hydrogens is 1260 g/mol. The van der Waals surface area contributed by atoms with Crippen LogP contribution in [-0.2, 0) is 65.4 Å². The first kappa shape index (κ1) is 94.1. The van der Waals surface area contributed by atoms with Crippen LogP contribution in [0.5, 0.6) is 0 Å². The summed E-state index contributed by atoms with van der Waals surface area (Å²) in [4.78, 5) is 72.9. The van der Waals surface area contributed by atoms with Gasteiger partial charge < -0.3 is 33.8 Å². The highest BCUT2D eigenvalue weighted by molar-refractivity contribution is 7.47. The van der Waals surface area contributed by atoms with Gasteiger partial charge in [0.1, 0.15) is 19.3 Å². The minimum absolute atomic E-state index is 0.106. The zero-order valence-electron chi connectivity index (χ0n) is 62.8. The zero-order chi connectivity index (χ0) is 70.9. The monoisotopic (exact) mass is 1410 g/mol. The average Bonchev–Trinajstić information content (AvgIpc) is 1.15. The fourth-order valence-electron chi connectivity index (χ4n) is 11.8. The van der Waals surface area contributed by atoms with Crippen molar-refractivity contribution in [2.75, 3.05) is 39.6 Å². The van der Waals surface area contributed by atoms with Crippen LogP contribution in [-0.4, -0.2) is 96.7 Å². The molecule has 0 heterocycles. The maximum Gasteiger partial charge on any atom is 0.472 e. The number of carbonyl (C=O) groups excluding carboxylic acids is 4. The normalized spacial score (nSPS) is 14.1. The molecule has 96 heavy (non-hydrogen) atoms. The van der Waals surface area contributed by atoms with E-state index >= 15 is 0 Å². The van der Waals surface area contributed by atoms with E-state index in [1.165, 1.54) is 205 Å². The Labute approximate surface area is 588 Å². The summed E-state index contributed by atoms with van der Waals surface area (Å²) in [5, 5.41) is 10.6. The Balaban J connectivity index is 5.26. The third-order valence-electron chi connectivity index (χ3n) is 17.9. The van der Waals surface area contributed by atoms with Gasteiger partial charge in [-0.2, -0.15) is 0 Å². The number of phosphoric ester groups is 2.